The van der Waals surface area contributed by atoms with Gasteiger partial charge in [-0.25, -0.2) is 4.79 Å². The Bertz CT molecular complexity index is 613. The zero-order valence-corrected chi connectivity index (χ0v) is 13.4. The molecular formula is C17H18BrNO2. The second-order valence-corrected chi connectivity index (χ2v) is 5.92. The predicted octanol–water partition coefficient (Wildman–Crippen LogP) is 4.58. The Morgan fingerprint density at radius 1 is 1.24 bits per heavy atom. The maximum atomic E-state index is 11.0. The summed E-state index contributed by atoms with van der Waals surface area (Å²) < 4.78 is 0.593. The van der Waals surface area contributed by atoms with Crippen molar-refractivity contribution in [3.05, 3.63) is 64.1 Å². The summed E-state index contributed by atoms with van der Waals surface area (Å²) in [6, 6.07) is 15.9. The SMILES string of the molecule is CC(CCc1ccccc1)Nc1ccc(C(=O)O)c(Br)c1. The highest BCUT2D eigenvalue weighted by Gasteiger charge is 2.09. The number of nitrogens with one attached hydrogen (secondary N) is 1. The number of aryl methyl sites for hydroxylation is 1. The van der Waals surface area contributed by atoms with E-state index in [0.29, 0.717) is 10.5 Å². The average Bonchev–Trinajstić information content (AvgIpc) is 2.46. The van der Waals surface area contributed by atoms with Gasteiger partial charge in [0.2, 0.25) is 0 Å². The van der Waals surface area contributed by atoms with Crippen molar-refractivity contribution in [2.75, 3.05) is 5.32 Å². The molecule has 0 aromatic heterocycles. The molecule has 1 atom stereocenters. The van der Waals surface area contributed by atoms with Crippen molar-refractivity contribution in [2.45, 2.75) is 25.8 Å². The molecule has 0 radical (unpaired) electrons. The van der Waals surface area contributed by atoms with Gasteiger partial charge in [-0.05, 0) is 59.5 Å². The summed E-state index contributed by atoms with van der Waals surface area (Å²) in [5.41, 5.74) is 2.53. The van der Waals surface area contributed by atoms with Gasteiger partial charge in [0.25, 0.3) is 0 Å². The van der Waals surface area contributed by atoms with Crippen LogP contribution in [0.25, 0.3) is 0 Å². The summed E-state index contributed by atoms with van der Waals surface area (Å²) in [7, 11) is 0. The minimum Gasteiger partial charge on any atom is -0.478 e. The first-order chi connectivity index (χ1) is 10.1. The van der Waals surface area contributed by atoms with Crippen LogP contribution in [0.1, 0.15) is 29.3 Å². The summed E-state index contributed by atoms with van der Waals surface area (Å²) in [6.45, 7) is 2.13. The van der Waals surface area contributed by atoms with Crippen LogP contribution in [0, 0.1) is 0 Å². The third kappa shape index (κ3) is 4.60. The number of hydrogen-bond donors (Lipinski definition) is 2. The van der Waals surface area contributed by atoms with Crippen LogP contribution in [-0.4, -0.2) is 17.1 Å². The van der Waals surface area contributed by atoms with Crippen LogP contribution in [0.2, 0.25) is 0 Å². The van der Waals surface area contributed by atoms with Crippen LogP contribution in [0.5, 0.6) is 0 Å². The molecule has 1 unspecified atom stereocenters. The molecule has 2 rings (SSSR count). The lowest BCUT2D eigenvalue weighted by molar-refractivity contribution is 0.0696. The van der Waals surface area contributed by atoms with Crippen molar-refractivity contribution in [3.63, 3.8) is 0 Å². The first kappa shape index (κ1) is 15.6. The van der Waals surface area contributed by atoms with Gasteiger partial charge < -0.3 is 10.4 Å². The van der Waals surface area contributed by atoms with Crippen LogP contribution < -0.4 is 5.32 Å². The van der Waals surface area contributed by atoms with E-state index in [0.717, 1.165) is 18.5 Å². The molecule has 0 bridgehead atoms. The van der Waals surface area contributed by atoms with E-state index in [1.54, 1.807) is 12.1 Å². The highest BCUT2D eigenvalue weighted by Crippen LogP contribution is 2.22. The zero-order chi connectivity index (χ0) is 15.2. The maximum Gasteiger partial charge on any atom is 0.336 e. The van der Waals surface area contributed by atoms with E-state index in [1.165, 1.54) is 5.56 Å². The average molecular weight is 348 g/mol. The molecule has 2 aromatic carbocycles. The molecule has 2 N–H and O–H groups in total. The molecule has 0 spiro atoms. The van der Waals surface area contributed by atoms with Gasteiger partial charge in [0, 0.05) is 16.2 Å². The van der Waals surface area contributed by atoms with Crippen LogP contribution in [0.3, 0.4) is 0 Å². The molecule has 110 valence electrons. The number of halogens is 1. The summed E-state index contributed by atoms with van der Waals surface area (Å²) in [4.78, 5) is 11.0. The Hall–Kier alpha value is -1.81. The Balaban J connectivity index is 1.92. The molecule has 3 nitrogen and oxygen atoms in total. The van der Waals surface area contributed by atoms with Gasteiger partial charge in [0.15, 0.2) is 0 Å². The highest BCUT2D eigenvalue weighted by molar-refractivity contribution is 9.10. The first-order valence-electron chi connectivity index (χ1n) is 6.89. The molecule has 0 aliphatic heterocycles. The molecule has 0 saturated heterocycles. The van der Waals surface area contributed by atoms with Gasteiger partial charge in [0.1, 0.15) is 0 Å². The minimum absolute atomic E-state index is 0.275. The maximum absolute atomic E-state index is 11.0. The third-order valence-electron chi connectivity index (χ3n) is 3.32. The van der Waals surface area contributed by atoms with E-state index < -0.39 is 5.97 Å². The molecule has 0 aliphatic rings. The van der Waals surface area contributed by atoms with Gasteiger partial charge in [-0.1, -0.05) is 30.3 Å². The van der Waals surface area contributed by atoms with Crippen LogP contribution >= 0.6 is 15.9 Å². The monoisotopic (exact) mass is 347 g/mol. The standard InChI is InChI=1S/C17H18BrNO2/c1-12(7-8-13-5-3-2-4-6-13)19-14-9-10-15(17(20)21)16(18)11-14/h2-6,9-12,19H,7-8H2,1H3,(H,20,21). The van der Waals surface area contributed by atoms with Gasteiger partial charge in [-0.3, -0.25) is 0 Å². The lowest BCUT2D eigenvalue weighted by atomic mass is 10.1. The van der Waals surface area contributed by atoms with Crippen molar-refractivity contribution >= 4 is 27.6 Å². The summed E-state index contributed by atoms with van der Waals surface area (Å²) in [6.07, 6.45) is 2.03. The van der Waals surface area contributed by atoms with Gasteiger partial charge in [-0.2, -0.15) is 0 Å². The molecular weight excluding hydrogens is 330 g/mol. The van der Waals surface area contributed by atoms with E-state index in [9.17, 15) is 4.79 Å². The van der Waals surface area contributed by atoms with E-state index in [2.05, 4.69) is 52.4 Å². The Labute approximate surface area is 133 Å². The van der Waals surface area contributed by atoms with Crippen molar-refractivity contribution in [1.29, 1.82) is 0 Å². The number of anilines is 1. The minimum atomic E-state index is -0.925. The largest absolute Gasteiger partial charge is 0.478 e. The fraction of sp³-hybridized carbons (Fsp3) is 0.235. The lowest BCUT2D eigenvalue weighted by Crippen LogP contribution is -2.16. The van der Waals surface area contributed by atoms with E-state index in [-0.39, 0.29) is 5.56 Å². The Kier molecular flexibility index (Phi) is 5.39. The van der Waals surface area contributed by atoms with E-state index in [4.69, 9.17) is 5.11 Å². The first-order valence-corrected chi connectivity index (χ1v) is 7.69. The van der Waals surface area contributed by atoms with Gasteiger partial charge in [0.05, 0.1) is 5.56 Å². The van der Waals surface area contributed by atoms with Crippen LogP contribution in [-0.2, 0) is 6.42 Å². The second kappa shape index (κ2) is 7.27. The number of hydrogen-bond acceptors (Lipinski definition) is 2. The molecule has 0 fully saturated rings. The van der Waals surface area contributed by atoms with E-state index in [1.807, 2.05) is 12.1 Å². The topological polar surface area (TPSA) is 49.3 Å². The number of rotatable bonds is 6. The summed E-state index contributed by atoms with van der Waals surface area (Å²) >= 11 is 3.29. The van der Waals surface area contributed by atoms with E-state index >= 15 is 0 Å². The zero-order valence-electron chi connectivity index (χ0n) is 11.8. The third-order valence-corrected chi connectivity index (χ3v) is 3.98. The van der Waals surface area contributed by atoms with Gasteiger partial charge in [-0.15, -0.1) is 0 Å². The van der Waals surface area contributed by atoms with Crippen molar-refractivity contribution in [2.24, 2.45) is 0 Å². The molecule has 0 heterocycles. The van der Waals surface area contributed by atoms with Crippen molar-refractivity contribution in [1.82, 2.24) is 0 Å². The van der Waals surface area contributed by atoms with Gasteiger partial charge >= 0.3 is 5.97 Å². The predicted molar refractivity (Wildman–Crippen MR) is 88.9 cm³/mol. The molecule has 21 heavy (non-hydrogen) atoms. The number of aromatic carboxylic acids is 1. The second-order valence-electron chi connectivity index (χ2n) is 5.07. The fourth-order valence-corrected chi connectivity index (χ4v) is 2.71. The number of carbonyl (C=O) groups is 1. The normalized spacial score (nSPS) is 11.9. The molecule has 0 amide bonds. The molecule has 2 aromatic rings. The quantitative estimate of drug-likeness (QED) is 0.803. The smallest absolute Gasteiger partial charge is 0.336 e. The van der Waals surface area contributed by atoms with Crippen molar-refractivity contribution < 1.29 is 9.90 Å². The van der Waals surface area contributed by atoms with Crippen LogP contribution in [0.15, 0.2) is 53.0 Å². The summed E-state index contributed by atoms with van der Waals surface area (Å²) in [5.74, 6) is -0.925. The molecule has 0 saturated carbocycles. The number of carboxylic acid groups (broad SMARTS) is 1. The highest BCUT2D eigenvalue weighted by atomic mass is 79.9. The number of benzene rings is 2. The van der Waals surface area contributed by atoms with Crippen LogP contribution in [0.4, 0.5) is 5.69 Å². The molecule has 4 heteroatoms. The Morgan fingerprint density at radius 3 is 2.57 bits per heavy atom. The Morgan fingerprint density at radius 2 is 1.95 bits per heavy atom. The lowest BCUT2D eigenvalue weighted by Gasteiger charge is -2.16. The summed E-state index contributed by atoms with van der Waals surface area (Å²) in [5, 5.41) is 12.4. The fourth-order valence-electron chi connectivity index (χ4n) is 2.16. The van der Waals surface area contributed by atoms with Crippen molar-refractivity contribution in [3.8, 4) is 0 Å². The number of carboxylic acids is 1. The molecule has 0 aliphatic carbocycles.